The average molecular weight is 96.1 g/mol. The number of allylic oxidation sites excluding steroid dienone is 3. The van der Waals surface area contributed by atoms with E-state index in [1.54, 1.807) is 12.2 Å². The quantitative estimate of drug-likeness (QED) is 0.221. The molecule has 0 aromatic rings. The van der Waals surface area contributed by atoms with Crippen molar-refractivity contribution in [2.75, 3.05) is 0 Å². The molecule has 7 heavy (non-hydrogen) atoms. The molecule has 0 bridgehead atoms. The van der Waals surface area contributed by atoms with E-state index in [1.165, 1.54) is 0 Å². The Morgan fingerprint density at radius 2 is 2.43 bits per heavy atom. The van der Waals surface area contributed by atoms with Gasteiger partial charge in [-0.2, -0.15) is 0 Å². The van der Waals surface area contributed by atoms with Crippen LogP contribution in [0.2, 0.25) is 0 Å². The van der Waals surface area contributed by atoms with E-state index in [2.05, 4.69) is 11.0 Å². The fourth-order valence-electron chi connectivity index (χ4n) is 0.182. The molecule has 0 unspecified atom stereocenters. The van der Waals surface area contributed by atoms with Gasteiger partial charge in [-0.15, -0.1) is 5.10 Å². The summed E-state index contributed by atoms with van der Waals surface area (Å²) in [5.41, 5.74) is 0. The van der Waals surface area contributed by atoms with E-state index in [0.29, 0.717) is 0 Å². The summed E-state index contributed by atoms with van der Waals surface area (Å²) < 4.78 is 0. The second-order valence-electron chi connectivity index (χ2n) is 0.951. The molecule has 0 aromatic carbocycles. The van der Waals surface area contributed by atoms with Crippen molar-refractivity contribution in [1.82, 2.24) is 0 Å². The van der Waals surface area contributed by atoms with E-state index in [0.717, 1.165) is 0 Å². The van der Waals surface area contributed by atoms with E-state index in [4.69, 9.17) is 5.84 Å². The molecule has 0 aromatic heterocycles. The Balaban J connectivity index is 3.48. The van der Waals surface area contributed by atoms with Gasteiger partial charge in [0.15, 0.2) is 0 Å². The van der Waals surface area contributed by atoms with Gasteiger partial charge in [-0.25, -0.2) is 0 Å². The van der Waals surface area contributed by atoms with Gasteiger partial charge in [0.2, 0.25) is 0 Å². The van der Waals surface area contributed by atoms with Crippen molar-refractivity contribution in [3.8, 4) is 0 Å². The van der Waals surface area contributed by atoms with E-state index < -0.39 is 0 Å². The minimum atomic E-state index is 1.64. The molecular weight excluding hydrogens is 88.1 g/mol. The van der Waals surface area contributed by atoms with Gasteiger partial charge < -0.3 is 5.84 Å². The molecule has 0 fully saturated rings. The summed E-state index contributed by atoms with van der Waals surface area (Å²) >= 11 is 0. The van der Waals surface area contributed by atoms with Crippen LogP contribution in [0.15, 0.2) is 23.3 Å². The van der Waals surface area contributed by atoms with E-state index in [9.17, 15) is 0 Å². The Morgan fingerprint density at radius 1 is 1.71 bits per heavy atom. The lowest BCUT2D eigenvalue weighted by Gasteiger charge is -1.60. The zero-order valence-electron chi connectivity index (χ0n) is 4.26. The summed E-state index contributed by atoms with van der Waals surface area (Å²) in [6, 6.07) is 0. The molecule has 0 aliphatic rings. The third-order valence-corrected chi connectivity index (χ3v) is 0.438. The molecule has 2 N–H and O–H groups in total. The van der Waals surface area contributed by atoms with Gasteiger partial charge in [-0.1, -0.05) is 12.2 Å². The molecule has 2 nitrogen and oxygen atoms in total. The summed E-state index contributed by atoms with van der Waals surface area (Å²) in [4.78, 5) is 0. The summed E-state index contributed by atoms with van der Waals surface area (Å²) in [6.45, 7) is 1.91. The van der Waals surface area contributed by atoms with Crippen LogP contribution in [-0.2, 0) is 0 Å². The van der Waals surface area contributed by atoms with Crippen molar-refractivity contribution in [3.63, 3.8) is 0 Å². The van der Waals surface area contributed by atoms with Gasteiger partial charge in [0.05, 0.1) is 0 Å². The van der Waals surface area contributed by atoms with E-state index in [-0.39, 0.29) is 0 Å². The van der Waals surface area contributed by atoms with Crippen LogP contribution in [0.3, 0.4) is 0 Å². The van der Waals surface area contributed by atoms with Crippen LogP contribution < -0.4 is 5.84 Å². The molecule has 0 aliphatic heterocycles. The van der Waals surface area contributed by atoms with Crippen LogP contribution in [0.1, 0.15) is 6.92 Å². The molecular formula is C5H8N2. The Hall–Kier alpha value is -1.01. The van der Waals surface area contributed by atoms with Crippen LogP contribution in [0.5, 0.6) is 0 Å². The van der Waals surface area contributed by atoms with Crippen molar-refractivity contribution in [1.29, 1.82) is 0 Å². The van der Waals surface area contributed by atoms with Gasteiger partial charge in [-0.05, 0) is 6.92 Å². The van der Waals surface area contributed by atoms with Gasteiger partial charge in [0.1, 0.15) is 0 Å². The minimum Gasteiger partial charge on any atom is -0.315 e. The monoisotopic (exact) mass is 96.1 g/mol. The second kappa shape index (κ2) is 4.99. The van der Waals surface area contributed by atoms with Gasteiger partial charge in [0.25, 0.3) is 0 Å². The molecule has 0 radical (unpaired) electrons. The maximum Gasteiger partial charge on any atom is 0.00763 e. The highest BCUT2D eigenvalue weighted by Crippen LogP contribution is 1.64. The Bertz CT molecular complexity index is 107. The highest BCUT2D eigenvalue weighted by atomic mass is 15.1. The van der Waals surface area contributed by atoms with Crippen LogP contribution in [0.4, 0.5) is 0 Å². The fraction of sp³-hybridized carbons (Fsp3) is 0.200. The molecule has 0 amide bonds. The molecule has 0 saturated heterocycles. The topological polar surface area (TPSA) is 38.4 Å². The van der Waals surface area contributed by atoms with Crippen LogP contribution in [-0.4, -0.2) is 5.87 Å². The first-order valence-corrected chi connectivity index (χ1v) is 2.01. The normalized spacial score (nSPS) is 8.14. The molecule has 2 heteroatoms. The van der Waals surface area contributed by atoms with Gasteiger partial charge in [-0.3, -0.25) is 0 Å². The van der Waals surface area contributed by atoms with Crippen LogP contribution >= 0.6 is 0 Å². The van der Waals surface area contributed by atoms with Crippen molar-refractivity contribution in [3.05, 3.63) is 18.2 Å². The zero-order valence-corrected chi connectivity index (χ0v) is 4.26. The smallest absolute Gasteiger partial charge is 0.00763 e. The summed E-state index contributed by atoms with van der Waals surface area (Å²) in [5.74, 6) is 7.16. The Labute approximate surface area is 43.0 Å². The molecule has 0 saturated carbocycles. The number of hydrogen-bond donors (Lipinski definition) is 1. The molecule has 0 spiro atoms. The molecule has 0 heterocycles. The fourth-order valence-corrected chi connectivity index (χ4v) is 0.182. The van der Waals surface area contributed by atoms with Crippen molar-refractivity contribution in [2.24, 2.45) is 10.9 Å². The maximum atomic E-state index is 4.72. The van der Waals surface area contributed by atoms with Crippen molar-refractivity contribution >= 4 is 5.87 Å². The molecule has 0 atom stereocenters. The lowest BCUT2D eigenvalue weighted by molar-refractivity contribution is 1.27. The Kier molecular flexibility index (Phi) is 4.27. The van der Waals surface area contributed by atoms with Gasteiger partial charge >= 0.3 is 0 Å². The standard InChI is InChI=1S/C5H8N2/c1-2-3-4-5-7-6/h2-4H,6H2,1H3. The lowest BCUT2D eigenvalue weighted by Crippen LogP contribution is -1.72. The number of nitrogens with zero attached hydrogens (tertiary/aromatic N) is 1. The number of hydrazone groups is 1. The van der Waals surface area contributed by atoms with E-state index in [1.807, 2.05) is 13.0 Å². The Morgan fingerprint density at radius 3 is 2.86 bits per heavy atom. The lowest BCUT2D eigenvalue weighted by atomic mass is 10.5. The molecule has 38 valence electrons. The predicted molar refractivity (Wildman–Crippen MR) is 31.0 cm³/mol. The third kappa shape index (κ3) is 4.99. The summed E-state index contributed by atoms with van der Waals surface area (Å²) in [6.07, 6.45) is 5.31. The van der Waals surface area contributed by atoms with Crippen LogP contribution in [0, 0.1) is 0 Å². The number of nitrogens with two attached hydrogens (primary N) is 1. The first-order chi connectivity index (χ1) is 3.41. The van der Waals surface area contributed by atoms with E-state index >= 15 is 0 Å². The maximum absolute atomic E-state index is 4.72. The minimum absolute atomic E-state index is 1.64. The number of hydrogen-bond acceptors (Lipinski definition) is 2. The highest BCUT2D eigenvalue weighted by molar-refractivity contribution is 5.53. The zero-order chi connectivity index (χ0) is 5.54. The average Bonchev–Trinajstić information content (AvgIpc) is 1.69. The SMILES string of the molecule is CC=CC=C=NN. The summed E-state index contributed by atoms with van der Waals surface area (Å²) in [5, 5.41) is 3.12. The van der Waals surface area contributed by atoms with Crippen molar-refractivity contribution < 1.29 is 0 Å². The first-order valence-electron chi connectivity index (χ1n) is 2.01. The van der Waals surface area contributed by atoms with Crippen LogP contribution in [0.25, 0.3) is 0 Å². The third-order valence-electron chi connectivity index (χ3n) is 0.438. The second-order valence-corrected chi connectivity index (χ2v) is 0.951. The van der Waals surface area contributed by atoms with Crippen molar-refractivity contribution in [2.45, 2.75) is 6.92 Å². The first kappa shape index (κ1) is 5.99. The summed E-state index contributed by atoms with van der Waals surface area (Å²) in [7, 11) is 0. The largest absolute Gasteiger partial charge is 0.315 e. The van der Waals surface area contributed by atoms with Gasteiger partial charge in [0, 0.05) is 11.9 Å². The number of rotatable bonds is 1. The highest BCUT2D eigenvalue weighted by Gasteiger charge is 1.49. The molecule has 0 aliphatic carbocycles. The molecule has 0 rings (SSSR count). The predicted octanol–water partition coefficient (Wildman–Crippen LogP) is 0.662.